The SMILES string of the molecule is COC(=O)C1=C(C(F)(F)F)C=C(Br)CC1. The maximum absolute atomic E-state index is 12.5. The minimum atomic E-state index is -4.52. The van der Waals surface area contributed by atoms with Gasteiger partial charge >= 0.3 is 12.1 Å². The number of carbonyl (C=O) groups excluding carboxylic acids is 1. The number of allylic oxidation sites excluding steroid dienone is 3. The van der Waals surface area contributed by atoms with Crippen LogP contribution in [0.3, 0.4) is 0 Å². The molecule has 0 unspecified atom stereocenters. The van der Waals surface area contributed by atoms with Crippen molar-refractivity contribution in [2.75, 3.05) is 7.11 Å². The zero-order valence-electron chi connectivity index (χ0n) is 7.82. The fourth-order valence-electron chi connectivity index (χ4n) is 1.28. The van der Waals surface area contributed by atoms with Crippen LogP contribution in [0.5, 0.6) is 0 Å². The molecule has 0 heterocycles. The molecule has 0 aromatic heterocycles. The minimum Gasteiger partial charge on any atom is -0.466 e. The summed E-state index contributed by atoms with van der Waals surface area (Å²) in [5.41, 5.74) is -1.24. The maximum Gasteiger partial charge on any atom is 0.416 e. The molecule has 0 amide bonds. The number of carbonyl (C=O) groups is 1. The molecule has 1 aliphatic rings. The Morgan fingerprint density at radius 1 is 1.47 bits per heavy atom. The Morgan fingerprint density at radius 3 is 2.53 bits per heavy atom. The largest absolute Gasteiger partial charge is 0.466 e. The minimum absolute atomic E-state index is 0.0403. The molecule has 0 bridgehead atoms. The van der Waals surface area contributed by atoms with Crippen LogP contribution in [0, 0.1) is 0 Å². The van der Waals surface area contributed by atoms with Gasteiger partial charge in [-0.2, -0.15) is 13.2 Å². The lowest BCUT2D eigenvalue weighted by Crippen LogP contribution is -2.20. The first kappa shape index (κ1) is 12.3. The van der Waals surface area contributed by atoms with Gasteiger partial charge in [-0.15, -0.1) is 0 Å². The molecule has 2 nitrogen and oxygen atoms in total. The molecule has 0 saturated heterocycles. The Hall–Kier alpha value is -0.780. The molecule has 1 rings (SSSR count). The first-order valence-corrected chi connectivity index (χ1v) is 4.90. The van der Waals surface area contributed by atoms with E-state index in [9.17, 15) is 18.0 Å². The van der Waals surface area contributed by atoms with Crippen LogP contribution in [0.25, 0.3) is 0 Å². The Labute approximate surface area is 92.9 Å². The van der Waals surface area contributed by atoms with E-state index in [4.69, 9.17) is 0 Å². The van der Waals surface area contributed by atoms with Crippen LogP contribution in [0.15, 0.2) is 21.7 Å². The van der Waals surface area contributed by atoms with Crippen LogP contribution in [0.1, 0.15) is 12.8 Å². The van der Waals surface area contributed by atoms with Gasteiger partial charge in [0.25, 0.3) is 0 Å². The molecule has 0 spiro atoms. The molecule has 0 radical (unpaired) electrons. The normalized spacial score (nSPS) is 17.5. The second kappa shape index (κ2) is 4.38. The molecule has 0 aromatic rings. The zero-order valence-corrected chi connectivity index (χ0v) is 9.41. The van der Waals surface area contributed by atoms with Gasteiger partial charge in [-0.1, -0.05) is 15.9 Å². The Morgan fingerprint density at radius 2 is 2.07 bits per heavy atom. The molecule has 84 valence electrons. The van der Waals surface area contributed by atoms with Crippen molar-refractivity contribution < 1.29 is 22.7 Å². The van der Waals surface area contributed by atoms with Crippen LogP contribution in [0.2, 0.25) is 0 Å². The second-order valence-electron chi connectivity index (χ2n) is 2.97. The molecule has 0 atom stereocenters. The second-order valence-corrected chi connectivity index (χ2v) is 3.99. The van der Waals surface area contributed by atoms with E-state index in [0.29, 0.717) is 10.9 Å². The summed E-state index contributed by atoms with van der Waals surface area (Å²) in [7, 11) is 1.07. The lowest BCUT2D eigenvalue weighted by atomic mass is 9.97. The van der Waals surface area contributed by atoms with Gasteiger partial charge in [0.2, 0.25) is 0 Å². The molecule has 0 aliphatic heterocycles. The van der Waals surface area contributed by atoms with E-state index in [0.717, 1.165) is 13.2 Å². The average molecular weight is 285 g/mol. The van der Waals surface area contributed by atoms with Crippen molar-refractivity contribution in [2.45, 2.75) is 19.0 Å². The van der Waals surface area contributed by atoms with Crippen molar-refractivity contribution in [1.29, 1.82) is 0 Å². The predicted octanol–water partition coefficient (Wildman–Crippen LogP) is 3.09. The first-order valence-electron chi connectivity index (χ1n) is 4.11. The third-order valence-electron chi connectivity index (χ3n) is 1.98. The molecule has 15 heavy (non-hydrogen) atoms. The van der Waals surface area contributed by atoms with E-state index in [2.05, 4.69) is 20.7 Å². The van der Waals surface area contributed by atoms with Crippen LogP contribution in [-0.4, -0.2) is 19.3 Å². The Bertz CT molecular complexity index is 342. The monoisotopic (exact) mass is 284 g/mol. The highest BCUT2D eigenvalue weighted by Crippen LogP contribution is 2.37. The summed E-state index contributed by atoms with van der Waals surface area (Å²) in [4.78, 5) is 11.1. The van der Waals surface area contributed by atoms with E-state index < -0.39 is 17.7 Å². The highest BCUT2D eigenvalue weighted by atomic mass is 79.9. The quantitative estimate of drug-likeness (QED) is 0.692. The van der Waals surface area contributed by atoms with Crippen molar-refractivity contribution in [3.05, 3.63) is 21.7 Å². The van der Waals surface area contributed by atoms with Crippen LogP contribution in [-0.2, 0) is 9.53 Å². The van der Waals surface area contributed by atoms with Gasteiger partial charge in [-0.05, 0) is 23.4 Å². The van der Waals surface area contributed by atoms with Gasteiger partial charge < -0.3 is 4.74 Å². The molecule has 0 saturated carbocycles. The van der Waals surface area contributed by atoms with Gasteiger partial charge in [-0.3, -0.25) is 0 Å². The lowest BCUT2D eigenvalue weighted by molar-refractivity contribution is -0.137. The van der Waals surface area contributed by atoms with Crippen molar-refractivity contribution in [3.63, 3.8) is 0 Å². The summed E-state index contributed by atoms with van der Waals surface area (Å²) in [6.07, 6.45) is -3.18. The number of halogens is 4. The number of alkyl halides is 3. The van der Waals surface area contributed by atoms with E-state index in [1.54, 1.807) is 0 Å². The smallest absolute Gasteiger partial charge is 0.416 e. The highest BCUT2D eigenvalue weighted by Gasteiger charge is 2.38. The standard InChI is InChI=1S/C9H8BrF3O2/c1-15-8(14)6-3-2-5(10)4-7(6)9(11,12)13/h4H,2-3H2,1H3. The summed E-state index contributed by atoms with van der Waals surface area (Å²) in [6, 6.07) is 0. The molecular weight excluding hydrogens is 277 g/mol. The maximum atomic E-state index is 12.5. The fraction of sp³-hybridized carbons (Fsp3) is 0.444. The Balaban J connectivity index is 3.20. The van der Waals surface area contributed by atoms with Gasteiger partial charge in [0.05, 0.1) is 12.7 Å². The number of rotatable bonds is 1. The lowest BCUT2D eigenvalue weighted by Gasteiger charge is -2.18. The van der Waals surface area contributed by atoms with E-state index in [1.165, 1.54) is 0 Å². The van der Waals surface area contributed by atoms with Crippen LogP contribution >= 0.6 is 15.9 Å². The van der Waals surface area contributed by atoms with Gasteiger partial charge in [0.15, 0.2) is 0 Å². The molecule has 1 aliphatic carbocycles. The number of hydrogen-bond acceptors (Lipinski definition) is 2. The summed E-state index contributed by atoms with van der Waals surface area (Å²) in [6.45, 7) is 0. The number of methoxy groups -OCH3 is 1. The third kappa shape index (κ3) is 2.84. The third-order valence-corrected chi connectivity index (χ3v) is 2.60. The zero-order chi connectivity index (χ0) is 11.6. The van der Waals surface area contributed by atoms with Crippen molar-refractivity contribution in [2.24, 2.45) is 0 Å². The molecule has 0 fully saturated rings. The van der Waals surface area contributed by atoms with Gasteiger partial charge in [-0.25, -0.2) is 4.79 Å². The Kier molecular flexibility index (Phi) is 3.59. The number of esters is 1. The van der Waals surface area contributed by atoms with Gasteiger partial charge in [0, 0.05) is 5.57 Å². The van der Waals surface area contributed by atoms with E-state index in [-0.39, 0.29) is 12.0 Å². The first-order chi connectivity index (χ1) is 6.86. The molecule has 0 N–H and O–H groups in total. The molecule has 0 aromatic carbocycles. The molecule has 6 heteroatoms. The van der Waals surface area contributed by atoms with Crippen molar-refractivity contribution in [1.82, 2.24) is 0 Å². The van der Waals surface area contributed by atoms with Crippen molar-refractivity contribution >= 4 is 21.9 Å². The fourth-order valence-corrected chi connectivity index (χ4v) is 1.71. The summed E-state index contributed by atoms with van der Waals surface area (Å²) < 4.78 is 42.3. The topological polar surface area (TPSA) is 26.3 Å². The predicted molar refractivity (Wildman–Crippen MR) is 51.3 cm³/mol. The summed E-state index contributed by atoms with van der Waals surface area (Å²) >= 11 is 2.99. The number of hydrogen-bond donors (Lipinski definition) is 0. The van der Waals surface area contributed by atoms with Crippen LogP contribution in [0.4, 0.5) is 13.2 Å². The van der Waals surface area contributed by atoms with Crippen molar-refractivity contribution in [3.8, 4) is 0 Å². The van der Waals surface area contributed by atoms with Crippen LogP contribution < -0.4 is 0 Å². The average Bonchev–Trinajstić information content (AvgIpc) is 2.15. The van der Waals surface area contributed by atoms with E-state index >= 15 is 0 Å². The summed E-state index contributed by atoms with van der Waals surface area (Å²) in [5.74, 6) is -0.918. The highest BCUT2D eigenvalue weighted by molar-refractivity contribution is 9.11. The van der Waals surface area contributed by atoms with Gasteiger partial charge in [0.1, 0.15) is 0 Å². The molecular formula is C9H8BrF3O2. The number of ether oxygens (including phenoxy) is 1. The summed E-state index contributed by atoms with van der Waals surface area (Å²) in [5, 5.41) is 0. The van der Waals surface area contributed by atoms with E-state index in [1.807, 2.05) is 0 Å².